The average Bonchev–Trinajstić information content (AvgIpc) is 2.14. The van der Waals surface area contributed by atoms with Crippen LogP contribution >= 0.6 is 0 Å². The van der Waals surface area contributed by atoms with Crippen LogP contribution in [0.15, 0.2) is 0 Å². The van der Waals surface area contributed by atoms with Gasteiger partial charge in [-0.15, -0.1) is 0 Å². The summed E-state index contributed by atoms with van der Waals surface area (Å²) < 4.78 is 0. The van der Waals surface area contributed by atoms with Crippen LogP contribution in [0, 0.1) is 5.41 Å². The van der Waals surface area contributed by atoms with Crippen molar-refractivity contribution in [1.29, 1.82) is 0 Å². The molecule has 15 heavy (non-hydrogen) atoms. The first-order chi connectivity index (χ1) is 6.89. The fourth-order valence-electron chi connectivity index (χ4n) is 1.43. The van der Waals surface area contributed by atoms with Crippen LogP contribution in [-0.2, 0) is 4.79 Å². The summed E-state index contributed by atoms with van der Waals surface area (Å²) in [6, 6.07) is -0.406. The van der Waals surface area contributed by atoms with Gasteiger partial charge in [-0.2, -0.15) is 0 Å². The molecule has 0 aliphatic carbocycles. The third-order valence-electron chi connectivity index (χ3n) is 2.61. The molecule has 0 radical (unpaired) electrons. The van der Waals surface area contributed by atoms with Crippen LogP contribution < -0.4 is 11.1 Å². The quantitative estimate of drug-likeness (QED) is 0.637. The molecule has 0 unspecified atom stereocenters. The minimum Gasteiger partial charge on any atom is -0.354 e. The van der Waals surface area contributed by atoms with E-state index in [1.807, 2.05) is 0 Å². The second-order valence-corrected chi connectivity index (χ2v) is 5.13. The van der Waals surface area contributed by atoms with Crippen molar-refractivity contribution < 1.29 is 4.79 Å². The summed E-state index contributed by atoms with van der Waals surface area (Å²) in [7, 11) is 0. The molecule has 0 aliphatic rings. The summed E-state index contributed by atoms with van der Waals surface area (Å²) in [5.74, 6) is -0.0569. The lowest BCUT2D eigenvalue weighted by molar-refractivity contribution is -0.122. The van der Waals surface area contributed by atoms with Gasteiger partial charge in [0.2, 0.25) is 5.91 Å². The maximum atomic E-state index is 11.3. The molecule has 0 aromatic rings. The minimum absolute atomic E-state index is 0.0569. The fourth-order valence-corrected chi connectivity index (χ4v) is 1.43. The lowest BCUT2D eigenvalue weighted by Gasteiger charge is -2.25. The first kappa shape index (κ1) is 14.4. The number of hydrogen-bond acceptors (Lipinski definition) is 2. The number of hydrogen-bond donors (Lipinski definition) is 2. The number of nitrogens with one attached hydrogen (secondary N) is 1. The Morgan fingerprint density at radius 2 is 2.00 bits per heavy atom. The van der Waals surface area contributed by atoms with Crippen molar-refractivity contribution in [2.24, 2.45) is 11.1 Å². The Labute approximate surface area is 93.8 Å². The zero-order chi connectivity index (χ0) is 11.9. The minimum atomic E-state index is -0.406. The Bertz CT molecular complexity index is 188. The predicted molar refractivity (Wildman–Crippen MR) is 64.6 cm³/mol. The van der Waals surface area contributed by atoms with Crippen LogP contribution in [0.4, 0.5) is 0 Å². The van der Waals surface area contributed by atoms with Crippen LogP contribution in [0.5, 0.6) is 0 Å². The molecule has 90 valence electrons. The molecule has 0 aliphatic heterocycles. The molecule has 0 rings (SSSR count). The summed E-state index contributed by atoms with van der Waals surface area (Å²) in [5, 5.41) is 2.89. The number of unbranched alkanes of at least 4 members (excludes halogenated alkanes) is 2. The van der Waals surface area contributed by atoms with Gasteiger partial charge in [-0.25, -0.2) is 0 Å². The van der Waals surface area contributed by atoms with E-state index < -0.39 is 6.04 Å². The zero-order valence-electron chi connectivity index (χ0n) is 10.6. The maximum Gasteiger partial charge on any atom is 0.236 e. The molecule has 1 atom stereocenters. The normalized spacial score (nSPS) is 13.7. The van der Waals surface area contributed by atoms with Crippen molar-refractivity contribution in [2.75, 3.05) is 6.54 Å². The maximum absolute atomic E-state index is 11.3. The van der Waals surface area contributed by atoms with Gasteiger partial charge < -0.3 is 11.1 Å². The second kappa shape index (κ2) is 6.83. The van der Waals surface area contributed by atoms with Gasteiger partial charge in [-0.3, -0.25) is 4.79 Å². The van der Waals surface area contributed by atoms with E-state index in [0.717, 1.165) is 13.0 Å². The summed E-state index contributed by atoms with van der Waals surface area (Å²) >= 11 is 0. The van der Waals surface area contributed by atoms with E-state index in [1.54, 1.807) is 6.92 Å². The van der Waals surface area contributed by atoms with Crippen molar-refractivity contribution in [3.63, 3.8) is 0 Å². The number of carbonyl (C=O) groups is 1. The highest BCUT2D eigenvalue weighted by Gasteiger charge is 2.19. The SMILES string of the molecule is CCCCCC(C)(C)CNC(=O)[C@H](C)N. The van der Waals surface area contributed by atoms with Crippen molar-refractivity contribution >= 4 is 5.91 Å². The van der Waals surface area contributed by atoms with Crippen LogP contribution in [-0.4, -0.2) is 18.5 Å². The second-order valence-electron chi connectivity index (χ2n) is 5.13. The highest BCUT2D eigenvalue weighted by molar-refractivity contribution is 5.80. The van der Waals surface area contributed by atoms with Crippen molar-refractivity contribution in [1.82, 2.24) is 5.32 Å². The summed E-state index contributed by atoms with van der Waals surface area (Å²) in [6.07, 6.45) is 4.89. The molecule has 3 N–H and O–H groups in total. The predicted octanol–water partition coefficient (Wildman–Crippen LogP) is 2.06. The monoisotopic (exact) mass is 214 g/mol. The molecule has 0 saturated carbocycles. The number of nitrogens with two attached hydrogens (primary N) is 1. The van der Waals surface area contributed by atoms with E-state index >= 15 is 0 Å². The first-order valence-electron chi connectivity index (χ1n) is 5.92. The molecule has 0 saturated heterocycles. The smallest absolute Gasteiger partial charge is 0.236 e. The Morgan fingerprint density at radius 3 is 2.47 bits per heavy atom. The Balaban J connectivity index is 3.77. The Hall–Kier alpha value is -0.570. The lowest BCUT2D eigenvalue weighted by Crippen LogP contribution is -2.42. The first-order valence-corrected chi connectivity index (χ1v) is 5.92. The molecule has 0 bridgehead atoms. The fraction of sp³-hybridized carbons (Fsp3) is 0.917. The molecule has 0 aromatic carbocycles. The van der Waals surface area contributed by atoms with E-state index in [9.17, 15) is 4.79 Å². The van der Waals surface area contributed by atoms with Gasteiger partial charge in [0.25, 0.3) is 0 Å². The molecule has 0 aromatic heterocycles. The van der Waals surface area contributed by atoms with E-state index in [-0.39, 0.29) is 11.3 Å². The van der Waals surface area contributed by atoms with Crippen molar-refractivity contribution in [3.05, 3.63) is 0 Å². The number of amides is 1. The van der Waals surface area contributed by atoms with Crippen LogP contribution in [0.3, 0.4) is 0 Å². The van der Waals surface area contributed by atoms with Crippen molar-refractivity contribution in [3.8, 4) is 0 Å². The average molecular weight is 214 g/mol. The largest absolute Gasteiger partial charge is 0.354 e. The van der Waals surface area contributed by atoms with E-state index in [0.29, 0.717) is 0 Å². The highest BCUT2D eigenvalue weighted by Crippen LogP contribution is 2.22. The summed E-state index contributed by atoms with van der Waals surface area (Å²) in [5.41, 5.74) is 5.66. The van der Waals surface area contributed by atoms with E-state index in [1.165, 1.54) is 19.3 Å². The molecule has 0 heterocycles. The van der Waals surface area contributed by atoms with Gasteiger partial charge in [0.15, 0.2) is 0 Å². The van der Waals surface area contributed by atoms with E-state index in [4.69, 9.17) is 5.73 Å². The van der Waals surface area contributed by atoms with Gasteiger partial charge in [-0.1, -0.05) is 40.0 Å². The summed E-state index contributed by atoms with van der Waals surface area (Å²) in [6.45, 7) is 9.00. The Kier molecular flexibility index (Phi) is 6.57. The lowest BCUT2D eigenvalue weighted by atomic mass is 9.87. The van der Waals surface area contributed by atoms with Crippen LogP contribution in [0.25, 0.3) is 0 Å². The Morgan fingerprint density at radius 1 is 1.40 bits per heavy atom. The van der Waals surface area contributed by atoms with Crippen LogP contribution in [0.2, 0.25) is 0 Å². The van der Waals surface area contributed by atoms with Gasteiger partial charge in [-0.05, 0) is 18.8 Å². The molecule has 0 fully saturated rings. The van der Waals surface area contributed by atoms with Crippen LogP contribution in [0.1, 0.15) is 53.4 Å². The number of rotatable bonds is 7. The zero-order valence-corrected chi connectivity index (χ0v) is 10.6. The number of carbonyl (C=O) groups excluding carboxylic acids is 1. The van der Waals surface area contributed by atoms with Gasteiger partial charge in [0.1, 0.15) is 0 Å². The summed E-state index contributed by atoms with van der Waals surface area (Å²) in [4.78, 5) is 11.3. The van der Waals surface area contributed by atoms with Gasteiger partial charge in [0.05, 0.1) is 6.04 Å². The van der Waals surface area contributed by atoms with E-state index in [2.05, 4.69) is 26.1 Å². The van der Waals surface area contributed by atoms with Gasteiger partial charge in [0, 0.05) is 6.54 Å². The molecule has 0 spiro atoms. The molecule has 3 nitrogen and oxygen atoms in total. The topological polar surface area (TPSA) is 55.1 Å². The molecule has 1 amide bonds. The van der Waals surface area contributed by atoms with Crippen molar-refractivity contribution in [2.45, 2.75) is 59.4 Å². The third-order valence-corrected chi connectivity index (χ3v) is 2.61. The molecular weight excluding hydrogens is 188 g/mol. The van der Waals surface area contributed by atoms with Gasteiger partial charge >= 0.3 is 0 Å². The third kappa shape index (κ3) is 7.37. The molecule has 3 heteroatoms. The standard InChI is InChI=1S/C12H26N2O/c1-5-6-7-8-12(3,4)9-14-11(15)10(2)13/h10H,5-9,13H2,1-4H3,(H,14,15)/t10-/m0/s1. The highest BCUT2D eigenvalue weighted by atomic mass is 16.2. The molecular formula is C12H26N2O.